The van der Waals surface area contributed by atoms with Crippen LogP contribution in [0.25, 0.3) is 0 Å². The van der Waals surface area contributed by atoms with Gasteiger partial charge < -0.3 is 14.9 Å². The van der Waals surface area contributed by atoms with E-state index in [0.29, 0.717) is 12.1 Å². The fraction of sp³-hybridized carbons (Fsp3) is 0.467. The maximum Gasteiger partial charge on any atom is 0.320 e. The first-order valence-corrected chi connectivity index (χ1v) is 6.82. The molecule has 6 heteroatoms. The van der Waals surface area contributed by atoms with Crippen molar-refractivity contribution in [2.75, 3.05) is 20.1 Å². The second-order valence-electron chi connectivity index (χ2n) is 5.05. The molecular weight excluding hydrogens is 275 g/mol. The predicted octanol–water partition coefficient (Wildman–Crippen LogP) is 2.42. The highest BCUT2D eigenvalue weighted by Gasteiger charge is 2.21. The molecule has 116 valence electrons. The van der Waals surface area contributed by atoms with Crippen molar-refractivity contribution in [3.05, 3.63) is 35.6 Å². The summed E-state index contributed by atoms with van der Waals surface area (Å²) in [6, 6.07) is 5.78. The van der Waals surface area contributed by atoms with Gasteiger partial charge in [0.25, 0.3) is 0 Å². The fourth-order valence-electron chi connectivity index (χ4n) is 1.97. The summed E-state index contributed by atoms with van der Waals surface area (Å²) in [5.74, 6) is -1.91. The van der Waals surface area contributed by atoms with E-state index in [4.69, 9.17) is 5.11 Å². The number of amides is 2. The standard InChI is InChI=1S/C15H21FN2O3/c1-4-18(9-11(2)14(19)20)15(21)17(3)10-12-6-5-7-13(16)8-12/h5-8,11H,4,9-10H2,1-3H3,(H,19,20). The molecule has 1 N–H and O–H groups in total. The number of benzene rings is 1. The van der Waals surface area contributed by atoms with Crippen molar-refractivity contribution in [3.8, 4) is 0 Å². The van der Waals surface area contributed by atoms with Crippen molar-refractivity contribution in [1.29, 1.82) is 0 Å². The van der Waals surface area contributed by atoms with Gasteiger partial charge in [0.15, 0.2) is 0 Å². The average Bonchev–Trinajstić information content (AvgIpc) is 2.43. The lowest BCUT2D eigenvalue weighted by atomic mass is 10.1. The lowest BCUT2D eigenvalue weighted by Gasteiger charge is -2.28. The van der Waals surface area contributed by atoms with Gasteiger partial charge in [0.1, 0.15) is 5.82 Å². The minimum Gasteiger partial charge on any atom is -0.481 e. The molecule has 0 aromatic heterocycles. The molecule has 1 unspecified atom stereocenters. The van der Waals surface area contributed by atoms with Crippen molar-refractivity contribution in [1.82, 2.24) is 9.80 Å². The van der Waals surface area contributed by atoms with E-state index >= 15 is 0 Å². The van der Waals surface area contributed by atoms with Crippen LogP contribution >= 0.6 is 0 Å². The predicted molar refractivity (Wildman–Crippen MR) is 77.3 cm³/mol. The van der Waals surface area contributed by atoms with Crippen molar-refractivity contribution >= 4 is 12.0 Å². The Labute approximate surface area is 124 Å². The molecule has 21 heavy (non-hydrogen) atoms. The van der Waals surface area contributed by atoms with Gasteiger partial charge in [-0.3, -0.25) is 4.79 Å². The number of hydrogen-bond donors (Lipinski definition) is 1. The lowest BCUT2D eigenvalue weighted by molar-refractivity contribution is -0.141. The fourth-order valence-corrected chi connectivity index (χ4v) is 1.97. The SMILES string of the molecule is CCN(CC(C)C(=O)O)C(=O)N(C)Cc1cccc(F)c1. The zero-order valence-corrected chi connectivity index (χ0v) is 12.5. The third kappa shape index (κ3) is 5.06. The molecule has 1 aromatic carbocycles. The Balaban J connectivity index is 2.68. The van der Waals surface area contributed by atoms with Gasteiger partial charge in [-0.2, -0.15) is 0 Å². The molecule has 1 atom stereocenters. The molecule has 1 rings (SSSR count). The van der Waals surface area contributed by atoms with Crippen LogP contribution in [0.2, 0.25) is 0 Å². The Morgan fingerprint density at radius 1 is 1.38 bits per heavy atom. The molecule has 1 aromatic rings. The Kier molecular flexibility index (Phi) is 6.14. The number of carboxylic acid groups (broad SMARTS) is 1. The highest BCUT2D eigenvalue weighted by Crippen LogP contribution is 2.09. The van der Waals surface area contributed by atoms with Crippen molar-refractivity contribution < 1.29 is 19.1 Å². The number of rotatable bonds is 6. The lowest BCUT2D eigenvalue weighted by Crippen LogP contribution is -2.43. The van der Waals surface area contributed by atoms with Crippen LogP contribution in [0.5, 0.6) is 0 Å². The van der Waals surface area contributed by atoms with Crippen LogP contribution in [-0.2, 0) is 11.3 Å². The Hall–Kier alpha value is -2.11. The first-order valence-electron chi connectivity index (χ1n) is 6.82. The van der Waals surface area contributed by atoms with Crippen LogP contribution in [-0.4, -0.2) is 47.0 Å². The summed E-state index contributed by atoms with van der Waals surface area (Å²) in [7, 11) is 1.61. The second kappa shape index (κ2) is 7.61. The second-order valence-corrected chi connectivity index (χ2v) is 5.05. The number of carbonyl (C=O) groups is 2. The highest BCUT2D eigenvalue weighted by atomic mass is 19.1. The molecule has 0 aliphatic rings. The third-order valence-electron chi connectivity index (χ3n) is 3.20. The van der Waals surface area contributed by atoms with E-state index in [1.807, 2.05) is 0 Å². The molecule has 2 amide bonds. The van der Waals surface area contributed by atoms with Crippen molar-refractivity contribution in [2.45, 2.75) is 20.4 Å². The monoisotopic (exact) mass is 296 g/mol. The van der Waals surface area contributed by atoms with Crippen LogP contribution < -0.4 is 0 Å². The average molecular weight is 296 g/mol. The van der Waals surface area contributed by atoms with Crippen LogP contribution in [0.4, 0.5) is 9.18 Å². The van der Waals surface area contributed by atoms with E-state index < -0.39 is 11.9 Å². The van der Waals surface area contributed by atoms with Crippen LogP contribution in [0.15, 0.2) is 24.3 Å². The quantitative estimate of drug-likeness (QED) is 0.877. The number of nitrogens with zero attached hydrogens (tertiary/aromatic N) is 2. The number of urea groups is 1. The third-order valence-corrected chi connectivity index (χ3v) is 3.20. The molecule has 0 aliphatic carbocycles. The van der Waals surface area contributed by atoms with Gasteiger partial charge in [-0.05, 0) is 24.6 Å². The molecule has 0 saturated carbocycles. The number of halogens is 1. The van der Waals surface area contributed by atoms with E-state index in [9.17, 15) is 14.0 Å². The highest BCUT2D eigenvalue weighted by molar-refractivity contribution is 5.76. The minimum absolute atomic E-state index is 0.151. The summed E-state index contributed by atoms with van der Waals surface area (Å²) in [5.41, 5.74) is 0.688. The molecule has 0 fully saturated rings. The number of carbonyl (C=O) groups excluding carboxylic acids is 1. The van der Waals surface area contributed by atoms with Crippen LogP contribution in [0.3, 0.4) is 0 Å². The van der Waals surface area contributed by atoms with Gasteiger partial charge in [0, 0.05) is 26.7 Å². The first-order chi connectivity index (χ1) is 9.85. The van der Waals surface area contributed by atoms with E-state index in [1.165, 1.54) is 21.9 Å². The van der Waals surface area contributed by atoms with E-state index in [-0.39, 0.29) is 24.9 Å². The molecule has 0 radical (unpaired) electrons. The molecule has 0 aliphatic heterocycles. The number of carboxylic acids is 1. The normalized spacial score (nSPS) is 11.8. The summed E-state index contributed by atoms with van der Waals surface area (Å²) >= 11 is 0. The maximum absolute atomic E-state index is 13.1. The minimum atomic E-state index is -0.936. The molecule has 0 bridgehead atoms. The zero-order valence-electron chi connectivity index (χ0n) is 12.5. The molecule has 0 heterocycles. The van der Waals surface area contributed by atoms with Gasteiger partial charge in [-0.25, -0.2) is 9.18 Å². The Morgan fingerprint density at radius 3 is 2.57 bits per heavy atom. The van der Waals surface area contributed by atoms with E-state index in [1.54, 1.807) is 33.0 Å². The maximum atomic E-state index is 13.1. The smallest absolute Gasteiger partial charge is 0.320 e. The van der Waals surface area contributed by atoms with Gasteiger partial charge in [-0.15, -0.1) is 0 Å². The molecule has 0 saturated heterocycles. The topological polar surface area (TPSA) is 60.9 Å². The zero-order chi connectivity index (χ0) is 16.0. The molecule has 0 spiro atoms. The summed E-state index contributed by atoms with van der Waals surface area (Å²) in [5, 5.41) is 8.92. The Morgan fingerprint density at radius 2 is 2.05 bits per heavy atom. The summed E-state index contributed by atoms with van der Waals surface area (Å²) < 4.78 is 13.1. The largest absolute Gasteiger partial charge is 0.481 e. The van der Waals surface area contributed by atoms with Gasteiger partial charge in [0.2, 0.25) is 0 Å². The number of hydrogen-bond acceptors (Lipinski definition) is 2. The van der Waals surface area contributed by atoms with Crippen molar-refractivity contribution in [2.24, 2.45) is 5.92 Å². The Bertz CT molecular complexity index is 507. The summed E-state index contributed by atoms with van der Waals surface area (Å²) in [6.45, 7) is 4.20. The van der Waals surface area contributed by atoms with E-state index in [2.05, 4.69) is 0 Å². The summed E-state index contributed by atoms with van der Waals surface area (Å²) in [6.07, 6.45) is 0. The van der Waals surface area contributed by atoms with Crippen LogP contribution in [0, 0.1) is 11.7 Å². The van der Waals surface area contributed by atoms with Crippen LogP contribution in [0.1, 0.15) is 19.4 Å². The van der Waals surface area contributed by atoms with Gasteiger partial charge >= 0.3 is 12.0 Å². The molecular formula is C15H21FN2O3. The number of aliphatic carboxylic acids is 1. The van der Waals surface area contributed by atoms with Gasteiger partial charge in [-0.1, -0.05) is 19.1 Å². The van der Waals surface area contributed by atoms with E-state index in [0.717, 1.165) is 0 Å². The van der Waals surface area contributed by atoms with Gasteiger partial charge in [0.05, 0.1) is 5.92 Å². The molecule has 5 nitrogen and oxygen atoms in total. The van der Waals surface area contributed by atoms with Crippen molar-refractivity contribution in [3.63, 3.8) is 0 Å². The first kappa shape index (κ1) is 16.9. The summed E-state index contributed by atoms with van der Waals surface area (Å²) in [4.78, 5) is 26.1.